The Morgan fingerprint density at radius 1 is 1.19 bits per heavy atom. The van der Waals surface area contributed by atoms with Gasteiger partial charge in [0.2, 0.25) is 0 Å². The number of imidazole rings is 1. The first-order valence-corrected chi connectivity index (χ1v) is 7.23. The minimum absolute atomic E-state index is 0.856. The summed E-state index contributed by atoms with van der Waals surface area (Å²) in [7, 11) is 2.04. The molecule has 0 aliphatic carbocycles. The molecule has 6 nitrogen and oxygen atoms in total. The second kappa shape index (κ2) is 6.05. The van der Waals surface area contributed by atoms with Gasteiger partial charge in [-0.15, -0.1) is 0 Å². The van der Waals surface area contributed by atoms with Gasteiger partial charge in [-0.1, -0.05) is 6.92 Å². The number of nitrogens with zero attached hydrogens (tertiary/aromatic N) is 6. The maximum absolute atomic E-state index is 4.42. The van der Waals surface area contributed by atoms with E-state index in [4.69, 9.17) is 0 Å². The van der Waals surface area contributed by atoms with Crippen LogP contribution < -0.4 is 0 Å². The smallest absolute Gasteiger partial charge is 0.155 e. The summed E-state index contributed by atoms with van der Waals surface area (Å²) < 4.78 is 3.86. The molecule has 0 spiro atoms. The Kier molecular flexibility index (Phi) is 3.96. The molecule has 0 amide bonds. The van der Waals surface area contributed by atoms with Crippen molar-refractivity contribution in [3.63, 3.8) is 0 Å². The zero-order chi connectivity index (χ0) is 14.7. The lowest BCUT2D eigenvalue weighted by Crippen LogP contribution is -2.25. The first-order chi connectivity index (χ1) is 10.3. The Labute approximate surface area is 124 Å². The Morgan fingerprint density at radius 2 is 2.10 bits per heavy atom. The Hall–Kier alpha value is -2.21. The number of pyridine rings is 1. The predicted molar refractivity (Wildman–Crippen MR) is 80.6 cm³/mol. The molecule has 3 rings (SSSR count). The lowest BCUT2D eigenvalue weighted by molar-refractivity contribution is 0.248. The Morgan fingerprint density at radius 3 is 2.86 bits per heavy atom. The molecule has 0 aliphatic heterocycles. The SMILES string of the molecule is CCCN(Cc1ccn2ncnc2c1)Cc1nccn1C. The molecular weight excluding hydrogens is 264 g/mol. The number of hydrogen-bond donors (Lipinski definition) is 0. The van der Waals surface area contributed by atoms with Gasteiger partial charge in [0.1, 0.15) is 12.2 Å². The van der Waals surface area contributed by atoms with Gasteiger partial charge in [0.05, 0.1) is 6.54 Å². The third kappa shape index (κ3) is 3.11. The van der Waals surface area contributed by atoms with Gasteiger partial charge in [-0.25, -0.2) is 14.5 Å². The number of hydrogen-bond acceptors (Lipinski definition) is 4. The molecular formula is C15H20N6. The van der Waals surface area contributed by atoms with E-state index in [1.165, 1.54) is 5.56 Å². The molecule has 0 unspecified atom stereocenters. The molecule has 0 aromatic carbocycles. The molecule has 0 radical (unpaired) electrons. The summed E-state index contributed by atoms with van der Waals surface area (Å²) in [6.45, 7) is 5.00. The van der Waals surface area contributed by atoms with E-state index in [1.54, 1.807) is 10.8 Å². The fourth-order valence-electron chi connectivity index (χ4n) is 2.49. The van der Waals surface area contributed by atoms with Crippen LogP contribution in [0, 0.1) is 0 Å². The molecule has 0 saturated carbocycles. The molecule has 21 heavy (non-hydrogen) atoms. The lowest BCUT2D eigenvalue weighted by Gasteiger charge is -2.21. The number of aryl methyl sites for hydroxylation is 1. The quantitative estimate of drug-likeness (QED) is 0.693. The molecule has 0 saturated heterocycles. The fraction of sp³-hybridized carbons (Fsp3) is 0.400. The van der Waals surface area contributed by atoms with Crippen molar-refractivity contribution < 1.29 is 0 Å². The predicted octanol–water partition coefficient (Wildman–Crippen LogP) is 1.87. The highest BCUT2D eigenvalue weighted by molar-refractivity contribution is 5.39. The van der Waals surface area contributed by atoms with Crippen molar-refractivity contribution in [2.45, 2.75) is 26.4 Å². The van der Waals surface area contributed by atoms with E-state index in [0.29, 0.717) is 0 Å². The van der Waals surface area contributed by atoms with Crippen molar-refractivity contribution in [3.8, 4) is 0 Å². The van der Waals surface area contributed by atoms with Crippen LogP contribution in [0.15, 0.2) is 37.1 Å². The maximum Gasteiger partial charge on any atom is 0.155 e. The van der Waals surface area contributed by atoms with Crippen LogP contribution in [0.4, 0.5) is 0 Å². The summed E-state index contributed by atoms with van der Waals surface area (Å²) >= 11 is 0. The molecule has 0 N–H and O–H groups in total. The van der Waals surface area contributed by atoms with Crippen LogP contribution in [0.1, 0.15) is 24.7 Å². The van der Waals surface area contributed by atoms with Gasteiger partial charge in [-0.3, -0.25) is 4.90 Å². The summed E-state index contributed by atoms with van der Waals surface area (Å²) in [6.07, 6.45) is 8.50. The van der Waals surface area contributed by atoms with E-state index in [1.807, 2.05) is 25.6 Å². The summed E-state index contributed by atoms with van der Waals surface area (Å²) in [6, 6.07) is 4.19. The first kappa shape index (κ1) is 13.8. The molecule has 0 bridgehead atoms. The average molecular weight is 284 g/mol. The lowest BCUT2D eigenvalue weighted by atomic mass is 10.2. The molecule has 3 aromatic heterocycles. The van der Waals surface area contributed by atoms with Gasteiger partial charge in [0, 0.05) is 32.2 Å². The maximum atomic E-state index is 4.42. The summed E-state index contributed by atoms with van der Waals surface area (Å²) in [5, 5.41) is 4.13. The van der Waals surface area contributed by atoms with Crippen LogP contribution >= 0.6 is 0 Å². The van der Waals surface area contributed by atoms with E-state index in [-0.39, 0.29) is 0 Å². The first-order valence-electron chi connectivity index (χ1n) is 7.23. The average Bonchev–Trinajstić information content (AvgIpc) is 3.08. The van der Waals surface area contributed by atoms with Crippen LogP contribution in [-0.2, 0) is 20.1 Å². The highest BCUT2D eigenvalue weighted by atomic mass is 15.3. The molecule has 3 heterocycles. The molecule has 110 valence electrons. The van der Waals surface area contributed by atoms with Crippen LogP contribution in [0.5, 0.6) is 0 Å². The minimum Gasteiger partial charge on any atom is -0.337 e. The topological polar surface area (TPSA) is 51.2 Å². The van der Waals surface area contributed by atoms with Gasteiger partial charge in [-0.05, 0) is 30.7 Å². The highest BCUT2D eigenvalue weighted by Crippen LogP contribution is 2.11. The van der Waals surface area contributed by atoms with E-state index in [0.717, 1.165) is 37.5 Å². The van der Waals surface area contributed by atoms with Crippen LogP contribution in [0.3, 0.4) is 0 Å². The van der Waals surface area contributed by atoms with Crippen molar-refractivity contribution in [1.82, 2.24) is 29.0 Å². The van der Waals surface area contributed by atoms with Gasteiger partial charge in [0.25, 0.3) is 0 Å². The number of aromatic nitrogens is 5. The minimum atomic E-state index is 0.856. The number of fused-ring (bicyclic) bond motifs is 1. The van der Waals surface area contributed by atoms with Crippen LogP contribution in [0.2, 0.25) is 0 Å². The van der Waals surface area contributed by atoms with Gasteiger partial charge in [0.15, 0.2) is 5.65 Å². The summed E-state index contributed by atoms with van der Waals surface area (Å²) in [5.74, 6) is 1.09. The van der Waals surface area contributed by atoms with Crippen molar-refractivity contribution >= 4 is 5.65 Å². The second-order valence-corrected chi connectivity index (χ2v) is 5.26. The van der Waals surface area contributed by atoms with Crippen LogP contribution in [-0.4, -0.2) is 35.6 Å². The van der Waals surface area contributed by atoms with Crippen molar-refractivity contribution in [3.05, 3.63) is 48.4 Å². The highest BCUT2D eigenvalue weighted by Gasteiger charge is 2.10. The zero-order valence-corrected chi connectivity index (χ0v) is 12.5. The third-order valence-corrected chi connectivity index (χ3v) is 3.58. The largest absolute Gasteiger partial charge is 0.337 e. The molecule has 0 aliphatic rings. The van der Waals surface area contributed by atoms with E-state index in [9.17, 15) is 0 Å². The molecule has 0 atom stereocenters. The second-order valence-electron chi connectivity index (χ2n) is 5.26. The van der Waals surface area contributed by atoms with Gasteiger partial charge in [-0.2, -0.15) is 5.10 Å². The van der Waals surface area contributed by atoms with E-state index < -0.39 is 0 Å². The monoisotopic (exact) mass is 284 g/mol. The molecule has 0 fully saturated rings. The summed E-state index contributed by atoms with van der Waals surface area (Å²) in [5.41, 5.74) is 2.14. The van der Waals surface area contributed by atoms with Crippen molar-refractivity contribution in [2.24, 2.45) is 7.05 Å². The normalized spacial score (nSPS) is 11.6. The number of rotatable bonds is 6. The van der Waals surface area contributed by atoms with E-state index >= 15 is 0 Å². The van der Waals surface area contributed by atoms with E-state index in [2.05, 4.69) is 43.6 Å². The Balaban J connectivity index is 1.76. The van der Waals surface area contributed by atoms with Gasteiger partial charge >= 0.3 is 0 Å². The van der Waals surface area contributed by atoms with Crippen molar-refractivity contribution in [2.75, 3.05) is 6.54 Å². The summed E-state index contributed by atoms with van der Waals surface area (Å²) in [4.78, 5) is 11.1. The third-order valence-electron chi connectivity index (χ3n) is 3.58. The zero-order valence-electron chi connectivity index (χ0n) is 12.5. The molecule has 3 aromatic rings. The van der Waals surface area contributed by atoms with Crippen molar-refractivity contribution in [1.29, 1.82) is 0 Å². The van der Waals surface area contributed by atoms with Gasteiger partial charge < -0.3 is 4.57 Å². The molecule has 6 heteroatoms. The van der Waals surface area contributed by atoms with Crippen LogP contribution in [0.25, 0.3) is 5.65 Å². The fourth-order valence-corrected chi connectivity index (χ4v) is 2.49. The Bertz CT molecular complexity index is 714. The standard InChI is InChI=1S/C15H20N6/c1-3-6-20(11-15-16-5-8-19(15)2)10-13-4-7-21-14(9-13)17-12-18-21/h4-5,7-9,12H,3,6,10-11H2,1-2H3.